The number of carboxylic acid groups (broad SMARTS) is 1. The lowest BCUT2D eigenvalue weighted by atomic mass is 10.1. The molecule has 2 atom stereocenters. The third-order valence-electron chi connectivity index (χ3n) is 5.62. The smallest absolute Gasteiger partial charge is 0.323 e. The molecule has 0 aromatic heterocycles. The Morgan fingerprint density at radius 3 is 2.33 bits per heavy atom. The first-order valence-electron chi connectivity index (χ1n) is 9.87. The Labute approximate surface area is 160 Å². The van der Waals surface area contributed by atoms with Crippen LogP contribution >= 0.6 is 0 Å². The number of likely N-dealkylation sites (tertiary alicyclic amines) is 1. The van der Waals surface area contributed by atoms with Crippen molar-refractivity contribution in [3.63, 3.8) is 0 Å². The van der Waals surface area contributed by atoms with E-state index in [1.54, 1.807) is 11.8 Å². The summed E-state index contributed by atoms with van der Waals surface area (Å²) in [4.78, 5) is 50.9. The maximum absolute atomic E-state index is 12.7. The van der Waals surface area contributed by atoms with Crippen molar-refractivity contribution in [1.29, 1.82) is 0 Å². The quantitative estimate of drug-likeness (QED) is 0.714. The average molecular weight is 381 g/mol. The van der Waals surface area contributed by atoms with Crippen LogP contribution in [-0.4, -0.2) is 70.3 Å². The van der Waals surface area contributed by atoms with Crippen molar-refractivity contribution < 1.29 is 24.3 Å². The van der Waals surface area contributed by atoms with Crippen LogP contribution in [-0.2, 0) is 19.2 Å². The Morgan fingerprint density at radius 2 is 1.74 bits per heavy atom. The molecule has 2 aliphatic rings. The van der Waals surface area contributed by atoms with Gasteiger partial charge in [-0.25, -0.2) is 0 Å². The predicted octanol–water partition coefficient (Wildman–Crippen LogP) is 0.996. The first-order valence-corrected chi connectivity index (χ1v) is 9.87. The highest BCUT2D eigenvalue weighted by molar-refractivity contribution is 5.88. The average Bonchev–Trinajstić information content (AvgIpc) is 3.04. The van der Waals surface area contributed by atoms with Gasteiger partial charge in [-0.2, -0.15) is 0 Å². The van der Waals surface area contributed by atoms with Gasteiger partial charge >= 0.3 is 5.97 Å². The van der Waals surface area contributed by atoms with E-state index in [1.165, 1.54) is 11.8 Å². The molecule has 8 heteroatoms. The molecule has 0 radical (unpaired) electrons. The highest BCUT2D eigenvalue weighted by Gasteiger charge is 2.31. The second-order valence-corrected chi connectivity index (χ2v) is 7.66. The van der Waals surface area contributed by atoms with Crippen LogP contribution in [0, 0.1) is 5.92 Å². The van der Waals surface area contributed by atoms with E-state index in [4.69, 9.17) is 5.11 Å². The summed E-state index contributed by atoms with van der Waals surface area (Å²) in [5.74, 6) is -1.43. The monoisotopic (exact) mass is 381 g/mol. The summed E-state index contributed by atoms with van der Waals surface area (Å²) in [6.45, 7) is 3.78. The Kier molecular flexibility index (Phi) is 7.62. The number of nitrogens with zero attached hydrogens (tertiary/aromatic N) is 2. The zero-order valence-electron chi connectivity index (χ0n) is 16.3. The van der Waals surface area contributed by atoms with Gasteiger partial charge in [0.2, 0.25) is 17.7 Å². The second kappa shape index (κ2) is 9.71. The Hall–Kier alpha value is -2.12. The molecule has 1 saturated carbocycles. The molecule has 3 amide bonds. The molecule has 8 nitrogen and oxygen atoms in total. The van der Waals surface area contributed by atoms with E-state index in [2.05, 4.69) is 5.32 Å². The number of carbonyl (C=O) groups excluding carboxylic acids is 3. The summed E-state index contributed by atoms with van der Waals surface area (Å²) in [6.07, 6.45) is 5.82. The SMILES string of the molecule is CC(=O)N(CC(=O)O)C1CCCN(C(=O)C(C)NC(=O)C2CCCC2)CC1. The standard InChI is InChI=1S/C19H31N3O5/c1-13(20-18(26)15-6-3-4-7-15)19(27)21-10-5-8-16(9-11-21)22(14(2)23)12-17(24)25/h13,15-16H,3-12H2,1-2H3,(H,20,26)(H,24,25). The molecule has 2 rings (SSSR count). The summed E-state index contributed by atoms with van der Waals surface area (Å²) in [5, 5.41) is 11.9. The first-order chi connectivity index (χ1) is 12.8. The minimum absolute atomic E-state index is 0.0221. The molecule has 0 bridgehead atoms. The lowest BCUT2D eigenvalue weighted by Gasteiger charge is -2.29. The molecule has 1 aliphatic heterocycles. The maximum atomic E-state index is 12.7. The van der Waals surface area contributed by atoms with Gasteiger partial charge < -0.3 is 20.2 Å². The molecule has 1 heterocycles. The fraction of sp³-hybridized carbons (Fsp3) is 0.789. The number of carbonyl (C=O) groups is 4. The molecule has 1 saturated heterocycles. The minimum atomic E-state index is -1.04. The van der Waals surface area contributed by atoms with Crippen molar-refractivity contribution in [2.75, 3.05) is 19.6 Å². The van der Waals surface area contributed by atoms with Crippen LogP contribution in [0.1, 0.15) is 58.8 Å². The third-order valence-corrected chi connectivity index (χ3v) is 5.62. The van der Waals surface area contributed by atoms with Crippen molar-refractivity contribution in [3.05, 3.63) is 0 Å². The molecule has 152 valence electrons. The van der Waals surface area contributed by atoms with E-state index in [-0.39, 0.29) is 36.2 Å². The molecule has 1 aliphatic carbocycles. The molecule has 0 aromatic carbocycles. The lowest BCUT2D eigenvalue weighted by molar-refractivity contribution is -0.145. The van der Waals surface area contributed by atoms with E-state index >= 15 is 0 Å². The fourth-order valence-corrected chi connectivity index (χ4v) is 4.11. The van der Waals surface area contributed by atoms with E-state index in [9.17, 15) is 19.2 Å². The van der Waals surface area contributed by atoms with Gasteiger partial charge in [-0.3, -0.25) is 19.2 Å². The zero-order valence-corrected chi connectivity index (χ0v) is 16.3. The van der Waals surface area contributed by atoms with Crippen LogP contribution in [0.3, 0.4) is 0 Å². The summed E-state index contributed by atoms with van der Waals surface area (Å²) in [7, 11) is 0. The lowest BCUT2D eigenvalue weighted by Crippen LogP contribution is -2.49. The summed E-state index contributed by atoms with van der Waals surface area (Å²) in [6, 6.07) is -0.752. The normalized spacial score (nSPS) is 22.0. The summed E-state index contributed by atoms with van der Waals surface area (Å²) < 4.78 is 0. The van der Waals surface area contributed by atoms with Crippen molar-refractivity contribution in [2.45, 2.75) is 70.9 Å². The van der Waals surface area contributed by atoms with Gasteiger partial charge in [-0.05, 0) is 39.0 Å². The molecule has 2 unspecified atom stereocenters. The van der Waals surface area contributed by atoms with Crippen LogP contribution in [0.5, 0.6) is 0 Å². The van der Waals surface area contributed by atoms with Crippen LogP contribution in [0.25, 0.3) is 0 Å². The number of carboxylic acids is 1. The molecule has 0 aromatic rings. The van der Waals surface area contributed by atoms with Gasteiger partial charge in [0, 0.05) is 32.0 Å². The first kappa shape index (κ1) is 21.2. The van der Waals surface area contributed by atoms with Crippen molar-refractivity contribution in [1.82, 2.24) is 15.1 Å². The Morgan fingerprint density at radius 1 is 1.07 bits per heavy atom. The number of aliphatic carboxylic acids is 1. The highest BCUT2D eigenvalue weighted by atomic mass is 16.4. The van der Waals surface area contributed by atoms with Gasteiger partial charge in [-0.15, -0.1) is 0 Å². The number of nitrogens with one attached hydrogen (secondary N) is 1. The molecule has 2 fully saturated rings. The third kappa shape index (κ3) is 5.94. The number of hydrogen-bond acceptors (Lipinski definition) is 4. The predicted molar refractivity (Wildman–Crippen MR) is 98.8 cm³/mol. The summed E-state index contributed by atoms with van der Waals surface area (Å²) in [5.41, 5.74) is 0. The van der Waals surface area contributed by atoms with Crippen LogP contribution < -0.4 is 5.32 Å². The Balaban J connectivity index is 1.89. The van der Waals surface area contributed by atoms with Crippen LogP contribution in [0.2, 0.25) is 0 Å². The topological polar surface area (TPSA) is 107 Å². The number of amides is 3. The molecule has 0 spiro atoms. The molecular weight excluding hydrogens is 350 g/mol. The number of hydrogen-bond donors (Lipinski definition) is 2. The van der Waals surface area contributed by atoms with Gasteiger partial charge in [-0.1, -0.05) is 12.8 Å². The van der Waals surface area contributed by atoms with Gasteiger partial charge in [0.1, 0.15) is 12.6 Å². The fourth-order valence-electron chi connectivity index (χ4n) is 4.11. The van der Waals surface area contributed by atoms with E-state index in [1.807, 2.05) is 0 Å². The summed E-state index contributed by atoms with van der Waals surface area (Å²) >= 11 is 0. The zero-order chi connectivity index (χ0) is 20.0. The minimum Gasteiger partial charge on any atom is -0.480 e. The Bertz CT molecular complexity index is 574. The van der Waals surface area contributed by atoms with Gasteiger partial charge in [0.05, 0.1) is 0 Å². The van der Waals surface area contributed by atoms with Crippen LogP contribution in [0.15, 0.2) is 0 Å². The largest absolute Gasteiger partial charge is 0.480 e. The van der Waals surface area contributed by atoms with Crippen molar-refractivity contribution in [2.24, 2.45) is 5.92 Å². The van der Waals surface area contributed by atoms with Crippen LogP contribution in [0.4, 0.5) is 0 Å². The molecule has 27 heavy (non-hydrogen) atoms. The molecule has 2 N–H and O–H groups in total. The number of rotatable bonds is 6. The highest BCUT2D eigenvalue weighted by Crippen LogP contribution is 2.25. The van der Waals surface area contributed by atoms with Crippen molar-refractivity contribution in [3.8, 4) is 0 Å². The van der Waals surface area contributed by atoms with E-state index in [0.717, 1.165) is 25.7 Å². The molecular formula is C19H31N3O5. The second-order valence-electron chi connectivity index (χ2n) is 7.66. The van der Waals surface area contributed by atoms with E-state index < -0.39 is 12.0 Å². The van der Waals surface area contributed by atoms with Crippen molar-refractivity contribution >= 4 is 23.7 Å². The van der Waals surface area contributed by atoms with E-state index in [0.29, 0.717) is 32.4 Å². The van der Waals surface area contributed by atoms with Gasteiger partial charge in [0.25, 0.3) is 0 Å². The maximum Gasteiger partial charge on any atom is 0.323 e. The van der Waals surface area contributed by atoms with Gasteiger partial charge in [0.15, 0.2) is 0 Å².